The van der Waals surface area contributed by atoms with Crippen LogP contribution in [0.3, 0.4) is 0 Å². The summed E-state index contributed by atoms with van der Waals surface area (Å²) in [5.74, 6) is -0.265. The van der Waals surface area contributed by atoms with Crippen molar-refractivity contribution in [3.8, 4) is 0 Å². The standard InChI is InChI=1S/C22H24N6O3/c1-14-8-10-17(11-9-14)25-22-27-19(26-21(23)28-22)13-31-20(30)12-18(24-15(2)29)16-6-4-3-5-7-16/h3-11,18H,12-13H2,1-2H3,(H,24,29)(H3,23,25,26,27,28)/t18-/m0/s1. The summed E-state index contributed by atoms with van der Waals surface area (Å²) in [5, 5.41) is 5.81. The number of nitrogens with one attached hydrogen (secondary N) is 2. The Bertz CT molecular complexity index is 1040. The molecule has 160 valence electrons. The number of aromatic nitrogens is 3. The summed E-state index contributed by atoms with van der Waals surface area (Å²) < 4.78 is 5.31. The SMILES string of the molecule is CC(=O)N[C@@H](CC(=O)OCc1nc(N)nc(Nc2ccc(C)cc2)n1)c1ccccc1. The third-order valence-corrected chi connectivity index (χ3v) is 4.32. The fraction of sp³-hybridized carbons (Fsp3) is 0.227. The van der Waals surface area contributed by atoms with E-state index in [4.69, 9.17) is 10.5 Å². The van der Waals surface area contributed by atoms with E-state index >= 15 is 0 Å². The topological polar surface area (TPSA) is 132 Å². The quantitative estimate of drug-likeness (QED) is 0.474. The first-order valence-electron chi connectivity index (χ1n) is 9.71. The summed E-state index contributed by atoms with van der Waals surface area (Å²) >= 11 is 0. The number of nitrogen functional groups attached to an aromatic ring is 1. The number of carbonyl (C=O) groups is 2. The molecule has 3 rings (SSSR count). The van der Waals surface area contributed by atoms with Gasteiger partial charge in [-0.2, -0.15) is 15.0 Å². The number of anilines is 3. The van der Waals surface area contributed by atoms with Crippen LogP contribution in [0.4, 0.5) is 17.6 Å². The lowest BCUT2D eigenvalue weighted by Gasteiger charge is -2.17. The van der Waals surface area contributed by atoms with Crippen molar-refractivity contribution in [2.24, 2.45) is 0 Å². The molecule has 0 saturated heterocycles. The van der Waals surface area contributed by atoms with Crippen molar-refractivity contribution in [2.75, 3.05) is 11.1 Å². The molecule has 4 N–H and O–H groups in total. The lowest BCUT2D eigenvalue weighted by molar-refractivity contribution is -0.146. The van der Waals surface area contributed by atoms with Gasteiger partial charge < -0.3 is 21.1 Å². The number of amides is 1. The summed E-state index contributed by atoms with van der Waals surface area (Å²) in [4.78, 5) is 36.2. The number of rotatable bonds is 8. The molecule has 1 heterocycles. The van der Waals surface area contributed by atoms with Crippen LogP contribution in [0, 0.1) is 6.92 Å². The molecule has 0 aliphatic rings. The molecule has 9 nitrogen and oxygen atoms in total. The van der Waals surface area contributed by atoms with E-state index in [9.17, 15) is 9.59 Å². The van der Waals surface area contributed by atoms with Crippen molar-refractivity contribution in [1.82, 2.24) is 20.3 Å². The van der Waals surface area contributed by atoms with E-state index in [-0.39, 0.29) is 36.7 Å². The van der Waals surface area contributed by atoms with Crippen molar-refractivity contribution in [2.45, 2.75) is 32.9 Å². The van der Waals surface area contributed by atoms with E-state index < -0.39 is 12.0 Å². The van der Waals surface area contributed by atoms with Gasteiger partial charge in [-0.15, -0.1) is 0 Å². The van der Waals surface area contributed by atoms with Crippen LogP contribution >= 0.6 is 0 Å². The Hall–Kier alpha value is -4.01. The van der Waals surface area contributed by atoms with Gasteiger partial charge in [0.25, 0.3) is 0 Å². The van der Waals surface area contributed by atoms with E-state index in [1.807, 2.05) is 61.5 Å². The molecule has 0 fully saturated rings. The van der Waals surface area contributed by atoms with Gasteiger partial charge in [0.15, 0.2) is 12.4 Å². The van der Waals surface area contributed by atoms with Crippen molar-refractivity contribution in [3.05, 3.63) is 71.5 Å². The molecule has 0 bridgehead atoms. The first kappa shape index (κ1) is 21.7. The largest absolute Gasteiger partial charge is 0.457 e. The number of carbonyl (C=O) groups excluding carboxylic acids is 2. The predicted molar refractivity (Wildman–Crippen MR) is 116 cm³/mol. The van der Waals surface area contributed by atoms with Gasteiger partial charge >= 0.3 is 5.97 Å². The number of hydrogen-bond acceptors (Lipinski definition) is 8. The van der Waals surface area contributed by atoms with E-state index in [0.717, 1.165) is 16.8 Å². The van der Waals surface area contributed by atoms with E-state index in [2.05, 4.69) is 25.6 Å². The first-order chi connectivity index (χ1) is 14.9. The van der Waals surface area contributed by atoms with Gasteiger partial charge in [-0.25, -0.2) is 0 Å². The zero-order valence-electron chi connectivity index (χ0n) is 17.3. The molecular weight excluding hydrogens is 396 g/mol. The molecule has 2 aromatic carbocycles. The lowest BCUT2D eigenvalue weighted by Crippen LogP contribution is -2.28. The van der Waals surface area contributed by atoms with Crippen LogP contribution in [0.1, 0.15) is 36.3 Å². The number of hydrogen-bond donors (Lipinski definition) is 3. The minimum absolute atomic E-state index is 0.0102. The number of benzene rings is 2. The molecule has 0 radical (unpaired) electrons. The number of esters is 1. The maximum atomic E-state index is 12.4. The number of ether oxygens (including phenoxy) is 1. The maximum Gasteiger partial charge on any atom is 0.308 e. The summed E-state index contributed by atoms with van der Waals surface area (Å²) in [6.07, 6.45) is -0.0291. The van der Waals surface area contributed by atoms with Crippen LogP contribution in [-0.2, 0) is 20.9 Å². The highest BCUT2D eigenvalue weighted by Crippen LogP contribution is 2.18. The second-order valence-corrected chi connectivity index (χ2v) is 6.95. The second-order valence-electron chi connectivity index (χ2n) is 6.95. The Morgan fingerprint density at radius 3 is 2.42 bits per heavy atom. The van der Waals surface area contributed by atoms with Crippen LogP contribution in [0.25, 0.3) is 0 Å². The van der Waals surface area contributed by atoms with Crippen molar-refractivity contribution >= 4 is 29.5 Å². The summed E-state index contributed by atoms with van der Waals surface area (Å²) in [7, 11) is 0. The smallest absolute Gasteiger partial charge is 0.308 e. The molecule has 0 aliphatic carbocycles. The third-order valence-electron chi connectivity index (χ3n) is 4.32. The Labute approximate surface area is 180 Å². The van der Waals surface area contributed by atoms with Crippen LogP contribution in [-0.4, -0.2) is 26.8 Å². The molecule has 0 spiro atoms. The van der Waals surface area contributed by atoms with E-state index in [1.165, 1.54) is 6.92 Å². The van der Waals surface area contributed by atoms with Crippen LogP contribution in [0.2, 0.25) is 0 Å². The van der Waals surface area contributed by atoms with Crippen molar-refractivity contribution in [1.29, 1.82) is 0 Å². The fourth-order valence-corrected chi connectivity index (χ4v) is 2.88. The van der Waals surface area contributed by atoms with Gasteiger partial charge in [-0.05, 0) is 24.6 Å². The molecule has 0 aliphatic heterocycles. The minimum atomic E-state index is -0.505. The zero-order chi connectivity index (χ0) is 22.2. The van der Waals surface area contributed by atoms with E-state index in [1.54, 1.807) is 0 Å². The minimum Gasteiger partial charge on any atom is -0.457 e. The lowest BCUT2D eigenvalue weighted by atomic mass is 10.0. The average molecular weight is 420 g/mol. The number of nitrogens with zero attached hydrogens (tertiary/aromatic N) is 3. The predicted octanol–water partition coefficient (Wildman–Crippen LogP) is 2.82. The highest BCUT2D eigenvalue weighted by Gasteiger charge is 2.18. The summed E-state index contributed by atoms with van der Waals surface area (Å²) in [5.41, 5.74) is 8.49. The Morgan fingerprint density at radius 2 is 1.74 bits per heavy atom. The molecule has 9 heteroatoms. The van der Waals surface area contributed by atoms with Crippen LogP contribution in [0.5, 0.6) is 0 Å². The molecule has 1 atom stereocenters. The molecule has 3 aromatic rings. The van der Waals surface area contributed by atoms with Crippen LogP contribution < -0.4 is 16.4 Å². The highest BCUT2D eigenvalue weighted by molar-refractivity contribution is 5.76. The van der Waals surface area contributed by atoms with Gasteiger partial charge in [-0.1, -0.05) is 48.0 Å². The Balaban J connectivity index is 1.63. The number of nitrogens with two attached hydrogens (primary N) is 1. The summed E-state index contributed by atoms with van der Waals surface area (Å²) in [6, 6.07) is 16.4. The van der Waals surface area contributed by atoms with Gasteiger partial charge in [0.2, 0.25) is 17.8 Å². The molecule has 1 aromatic heterocycles. The van der Waals surface area contributed by atoms with Gasteiger partial charge in [-0.3, -0.25) is 9.59 Å². The normalized spacial score (nSPS) is 11.4. The molecule has 0 saturated carbocycles. The molecule has 31 heavy (non-hydrogen) atoms. The monoisotopic (exact) mass is 420 g/mol. The highest BCUT2D eigenvalue weighted by atomic mass is 16.5. The second kappa shape index (κ2) is 10.1. The van der Waals surface area contributed by atoms with Gasteiger partial charge in [0.1, 0.15) is 0 Å². The first-order valence-corrected chi connectivity index (χ1v) is 9.71. The fourth-order valence-electron chi connectivity index (χ4n) is 2.88. The third kappa shape index (κ3) is 6.77. The Morgan fingerprint density at radius 1 is 1.03 bits per heavy atom. The van der Waals surface area contributed by atoms with Crippen LogP contribution in [0.15, 0.2) is 54.6 Å². The maximum absolute atomic E-state index is 12.4. The number of aryl methyl sites for hydroxylation is 1. The van der Waals surface area contributed by atoms with Crippen molar-refractivity contribution in [3.63, 3.8) is 0 Å². The van der Waals surface area contributed by atoms with E-state index in [0.29, 0.717) is 0 Å². The van der Waals surface area contributed by atoms with Gasteiger partial charge in [0, 0.05) is 12.6 Å². The molecule has 0 unspecified atom stereocenters. The zero-order valence-corrected chi connectivity index (χ0v) is 17.3. The molecular formula is C22H24N6O3. The molecule has 1 amide bonds. The van der Waals surface area contributed by atoms with Crippen molar-refractivity contribution < 1.29 is 14.3 Å². The van der Waals surface area contributed by atoms with Gasteiger partial charge in [0.05, 0.1) is 12.5 Å². The Kier molecular flexibility index (Phi) is 7.10. The summed E-state index contributed by atoms with van der Waals surface area (Å²) in [6.45, 7) is 3.22. The average Bonchev–Trinajstić information content (AvgIpc) is 2.73.